The lowest BCUT2D eigenvalue weighted by Gasteiger charge is -2.26. The second-order valence-electron chi connectivity index (χ2n) is 7.81. The number of methoxy groups -OCH3 is 1. The first-order valence-corrected chi connectivity index (χ1v) is 10.5. The van der Waals surface area contributed by atoms with Gasteiger partial charge in [0.25, 0.3) is 0 Å². The Labute approximate surface area is 182 Å². The van der Waals surface area contributed by atoms with E-state index in [1.165, 1.54) is 7.11 Å². The molecule has 7 heteroatoms. The highest BCUT2D eigenvalue weighted by Gasteiger charge is 2.27. The molecule has 3 atom stereocenters. The molecule has 31 heavy (non-hydrogen) atoms. The molecule has 2 N–H and O–H groups in total. The molecule has 0 amide bonds. The lowest BCUT2D eigenvalue weighted by molar-refractivity contribution is -0.143. The Hall–Kier alpha value is -3.12. The third kappa shape index (κ3) is 7.26. The second-order valence-corrected chi connectivity index (χ2v) is 7.81. The number of nitrogens with zero attached hydrogens (tertiary/aromatic N) is 3. The van der Waals surface area contributed by atoms with E-state index in [1.54, 1.807) is 12.1 Å². The van der Waals surface area contributed by atoms with Gasteiger partial charge in [-0.25, -0.2) is 0 Å². The third-order valence-electron chi connectivity index (χ3n) is 5.33. The summed E-state index contributed by atoms with van der Waals surface area (Å²) in [5.41, 5.74) is 11.0. The third-order valence-corrected chi connectivity index (χ3v) is 5.33. The van der Waals surface area contributed by atoms with E-state index in [-0.39, 0.29) is 0 Å². The molecule has 7 nitrogen and oxygen atoms in total. The minimum absolute atomic E-state index is 0.384. The van der Waals surface area contributed by atoms with Crippen molar-refractivity contribution in [3.8, 4) is 0 Å². The first-order chi connectivity index (χ1) is 15.1. The van der Waals surface area contributed by atoms with Crippen molar-refractivity contribution in [2.75, 3.05) is 7.11 Å². The molecule has 162 valence electrons. The number of aliphatic hydroxyl groups excluding tert-OH is 1. The lowest BCUT2D eigenvalue weighted by Crippen LogP contribution is -2.49. The number of ether oxygens (including phenoxy) is 1. The second kappa shape index (κ2) is 11.3. The smallest absolute Gasteiger partial charge is 0.323 e. The van der Waals surface area contributed by atoms with Gasteiger partial charge in [0.1, 0.15) is 6.04 Å². The van der Waals surface area contributed by atoms with Crippen LogP contribution in [0.3, 0.4) is 0 Å². The number of benzene rings is 2. The van der Waals surface area contributed by atoms with Crippen molar-refractivity contribution in [1.82, 2.24) is 5.32 Å². The molecule has 0 saturated heterocycles. The maximum atomic E-state index is 12.5. The Morgan fingerprint density at radius 3 is 2.48 bits per heavy atom. The van der Waals surface area contributed by atoms with Crippen LogP contribution in [0.4, 0.5) is 5.69 Å². The van der Waals surface area contributed by atoms with Crippen LogP contribution in [0.5, 0.6) is 0 Å². The highest BCUT2D eigenvalue weighted by atomic mass is 16.5. The maximum absolute atomic E-state index is 12.5. The van der Waals surface area contributed by atoms with Crippen molar-refractivity contribution in [1.29, 1.82) is 0 Å². The molecule has 0 spiro atoms. The number of esters is 1. The predicted molar refractivity (Wildman–Crippen MR) is 120 cm³/mol. The number of carbonyl (C=O) groups excluding carboxylic acids is 1. The molecule has 0 unspecified atom stereocenters. The van der Waals surface area contributed by atoms with Gasteiger partial charge in [0.05, 0.1) is 19.3 Å². The molecule has 0 aromatic heterocycles. The molecule has 0 bridgehead atoms. The topological polar surface area (TPSA) is 107 Å². The largest absolute Gasteiger partial charge is 0.468 e. The number of hydrogen-bond acceptors (Lipinski definition) is 5. The molecule has 2 aromatic carbocycles. The summed E-state index contributed by atoms with van der Waals surface area (Å²) in [4.78, 5) is 15.3. The number of azide groups is 1. The zero-order valence-corrected chi connectivity index (χ0v) is 17.6. The van der Waals surface area contributed by atoms with Gasteiger partial charge in [-0.2, -0.15) is 0 Å². The van der Waals surface area contributed by atoms with Crippen LogP contribution in [-0.2, 0) is 22.4 Å². The molecule has 0 aliphatic heterocycles. The fourth-order valence-electron chi connectivity index (χ4n) is 3.41. The molecule has 3 rings (SSSR count). The van der Waals surface area contributed by atoms with Gasteiger partial charge < -0.3 is 9.84 Å². The summed E-state index contributed by atoms with van der Waals surface area (Å²) in [5.74, 6) is 0.161. The van der Waals surface area contributed by atoms with Crippen molar-refractivity contribution < 1.29 is 14.6 Å². The molecule has 0 heterocycles. The van der Waals surface area contributed by atoms with E-state index in [0.717, 1.165) is 24.0 Å². The Kier molecular flexibility index (Phi) is 8.24. The van der Waals surface area contributed by atoms with Crippen molar-refractivity contribution >= 4 is 11.7 Å². The standard InChI is InChI=1S/C24H28N4O3/c1-31-24(30)22(15-19-9-12-20(13-10-19)27-28-25)26-21(14-11-17-7-8-17)23(29)16-18-5-3-2-4-6-18/h2-6,9-14,17,21-23,26,29H,7-8,15-16H2,1H3/b14-11+/t21-,22+,23+/m1/s1. The van der Waals surface area contributed by atoms with E-state index >= 15 is 0 Å². The van der Waals surface area contributed by atoms with Crippen LogP contribution in [0.1, 0.15) is 24.0 Å². The summed E-state index contributed by atoms with van der Waals surface area (Å²) in [6.07, 6.45) is 6.58. The van der Waals surface area contributed by atoms with Crippen LogP contribution >= 0.6 is 0 Å². The summed E-state index contributed by atoms with van der Waals surface area (Å²) >= 11 is 0. The first-order valence-electron chi connectivity index (χ1n) is 10.5. The van der Waals surface area contributed by atoms with Crippen molar-refractivity contribution in [2.45, 2.75) is 43.9 Å². The number of hydrogen-bond donors (Lipinski definition) is 2. The van der Waals surface area contributed by atoms with Gasteiger partial charge in [0.2, 0.25) is 0 Å². The highest BCUT2D eigenvalue weighted by molar-refractivity contribution is 5.76. The first kappa shape index (κ1) is 22.6. The Morgan fingerprint density at radius 1 is 1.19 bits per heavy atom. The van der Waals surface area contributed by atoms with Gasteiger partial charge in [-0.3, -0.25) is 10.1 Å². The maximum Gasteiger partial charge on any atom is 0.323 e. The van der Waals surface area contributed by atoms with Gasteiger partial charge in [0.15, 0.2) is 0 Å². The van der Waals surface area contributed by atoms with E-state index in [9.17, 15) is 9.90 Å². The van der Waals surface area contributed by atoms with E-state index < -0.39 is 24.2 Å². The van der Waals surface area contributed by atoms with Crippen molar-refractivity contribution in [3.05, 3.63) is 88.3 Å². The van der Waals surface area contributed by atoms with Crippen molar-refractivity contribution in [3.63, 3.8) is 0 Å². The van der Waals surface area contributed by atoms with E-state index in [4.69, 9.17) is 10.3 Å². The van der Waals surface area contributed by atoms with Crippen LogP contribution in [0, 0.1) is 5.92 Å². The summed E-state index contributed by atoms with van der Waals surface area (Å²) in [7, 11) is 1.36. The zero-order valence-electron chi connectivity index (χ0n) is 17.6. The van der Waals surface area contributed by atoms with E-state index in [1.807, 2.05) is 48.5 Å². The number of carbonyl (C=O) groups is 1. The summed E-state index contributed by atoms with van der Waals surface area (Å²) in [6, 6.07) is 15.8. The van der Waals surface area contributed by atoms with Gasteiger partial charge in [-0.1, -0.05) is 71.9 Å². The SMILES string of the molecule is COC(=O)[C@H](Cc1ccc(N=[N+]=[N-])cc1)N[C@H](/C=C/C1CC1)[C@@H](O)Cc1ccccc1. The number of allylic oxidation sites excluding steroid dienone is 1. The number of nitrogens with one attached hydrogen (secondary N) is 1. The van der Waals surface area contributed by atoms with Crippen LogP contribution in [0.15, 0.2) is 71.9 Å². The zero-order chi connectivity index (χ0) is 22.1. The molecular formula is C24H28N4O3. The lowest BCUT2D eigenvalue weighted by atomic mass is 9.98. The monoisotopic (exact) mass is 420 g/mol. The molecular weight excluding hydrogens is 392 g/mol. The van der Waals surface area contributed by atoms with Gasteiger partial charge in [-0.15, -0.1) is 0 Å². The number of aliphatic hydroxyl groups is 1. The van der Waals surface area contributed by atoms with Crippen molar-refractivity contribution in [2.24, 2.45) is 11.0 Å². The Morgan fingerprint density at radius 2 is 1.87 bits per heavy atom. The van der Waals surface area contributed by atoms with Crippen LogP contribution in [0.2, 0.25) is 0 Å². The number of rotatable bonds is 11. The molecule has 0 radical (unpaired) electrons. The Bertz CT molecular complexity index is 920. The average molecular weight is 421 g/mol. The molecule has 2 aromatic rings. The summed E-state index contributed by atoms with van der Waals surface area (Å²) < 4.78 is 5.01. The van der Waals surface area contributed by atoms with Crippen LogP contribution < -0.4 is 5.32 Å². The van der Waals surface area contributed by atoms with Gasteiger partial charge in [-0.05, 0) is 41.8 Å². The minimum Gasteiger partial charge on any atom is -0.468 e. The Balaban J connectivity index is 1.74. The quantitative estimate of drug-likeness (QED) is 0.186. The molecule has 1 saturated carbocycles. The summed E-state index contributed by atoms with van der Waals surface area (Å²) in [5, 5.41) is 17.8. The van der Waals surface area contributed by atoms with Crippen LogP contribution in [0.25, 0.3) is 10.4 Å². The average Bonchev–Trinajstić information content (AvgIpc) is 3.62. The predicted octanol–water partition coefficient (Wildman–Crippen LogP) is 4.24. The molecule has 1 aliphatic rings. The van der Waals surface area contributed by atoms with Gasteiger partial charge in [0, 0.05) is 17.0 Å². The molecule has 1 fully saturated rings. The van der Waals surface area contributed by atoms with E-state index in [2.05, 4.69) is 21.4 Å². The van der Waals surface area contributed by atoms with Gasteiger partial charge >= 0.3 is 5.97 Å². The van der Waals surface area contributed by atoms with E-state index in [0.29, 0.717) is 24.4 Å². The van der Waals surface area contributed by atoms with Crippen LogP contribution in [-0.4, -0.2) is 36.4 Å². The highest BCUT2D eigenvalue weighted by Crippen LogP contribution is 2.30. The summed E-state index contributed by atoms with van der Waals surface area (Å²) in [6.45, 7) is 0. The minimum atomic E-state index is -0.697. The molecule has 1 aliphatic carbocycles. The normalized spacial score (nSPS) is 16.3. The fourth-order valence-corrected chi connectivity index (χ4v) is 3.41. The fraction of sp³-hybridized carbons (Fsp3) is 0.375.